The maximum atomic E-state index is 11.8. The molecule has 0 saturated carbocycles. The number of likely N-dealkylation sites (N-methyl/N-ethyl adjacent to an activating group) is 1. The lowest BCUT2D eigenvalue weighted by atomic mass is 10.0. The molecule has 0 radical (unpaired) electrons. The summed E-state index contributed by atoms with van der Waals surface area (Å²) in [5, 5.41) is 11.6. The van der Waals surface area contributed by atoms with E-state index in [4.69, 9.17) is 14.6 Å². The van der Waals surface area contributed by atoms with Crippen LogP contribution in [0.4, 0.5) is 0 Å². The molecule has 8 heteroatoms. The van der Waals surface area contributed by atoms with Gasteiger partial charge in [0, 0.05) is 12.6 Å². The highest BCUT2D eigenvalue weighted by Crippen LogP contribution is 1.98. The molecule has 0 aliphatic heterocycles. The van der Waals surface area contributed by atoms with E-state index in [1.54, 1.807) is 19.8 Å². The normalized spacial score (nSPS) is 12.1. The molecule has 0 aromatic heterocycles. The highest BCUT2D eigenvalue weighted by atomic mass is 16.5. The molecule has 0 aromatic carbocycles. The first kappa shape index (κ1) is 20.0. The van der Waals surface area contributed by atoms with Crippen molar-refractivity contribution in [1.82, 2.24) is 10.2 Å². The third-order valence-electron chi connectivity index (χ3n) is 2.84. The Labute approximate surface area is 127 Å². The summed E-state index contributed by atoms with van der Waals surface area (Å²) >= 11 is 0. The maximum absolute atomic E-state index is 11.8. The maximum Gasteiger partial charge on any atom is 0.215 e. The molecule has 0 aliphatic rings. The lowest BCUT2D eigenvalue weighted by molar-refractivity contribution is -0.133. The van der Waals surface area contributed by atoms with Crippen LogP contribution in [0, 0.1) is 0 Å². The number of hydrogen-bond donors (Lipinski definition) is 2. The minimum absolute atomic E-state index is 0.00171. The number of aliphatic hydroxyl groups is 1. The molecule has 0 aliphatic carbocycles. The number of hydrogen-bond acceptors (Lipinski definition) is 6. The summed E-state index contributed by atoms with van der Waals surface area (Å²) in [4.78, 5) is 24.6. The third kappa shape index (κ3) is 10.4. The Hall–Kier alpha value is -0.955. The molecule has 0 unspecified atom stereocenters. The molecule has 0 bridgehead atoms. The van der Waals surface area contributed by atoms with Crippen molar-refractivity contribution < 1.29 is 24.2 Å². The van der Waals surface area contributed by atoms with Gasteiger partial charge in [-0.05, 0) is 20.3 Å². The summed E-state index contributed by atoms with van der Waals surface area (Å²) in [5.74, 6) is -0.0818. The standard InChI is InChI=1S/C13H27BN2O5/c1-11(18)8-16(13(19)7-14)9-12(15-2)10-21-6-5-20-4-3-17/h12,15,17H,3-10,14H2,1-2H3/t12-/m1/s1. The Bertz CT molecular complexity index is 304. The molecular formula is C13H27BN2O5. The molecule has 0 aromatic rings. The molecule has 0 saturated heterocycles. The number of ether oxygens (including phenoxy) is 2. The van der Waals surface area contributed by atoms with E-state index in [2.05, 4.69) is 5.32 Å². The number of carbonyl (C=O) groups is 2. The van der Waals surface area contributed by atoms with Crippen LogP contribution in [0.15, 0.2) is 0 Å². The van der Waals surface area contributed by atoms with Crippen LogP contribution >= 0.6 is 0 Å². The predicted molar refractivity (Wildman–Crippen MR) is 82.2 cm³/mol. The van der Waals surface area contributed by atoms with Crippen LogP contribution in [0.3, 0.4) is 0 Å². The fourth-order valence-corrected chi connectivity index (χ4v) is 1.75. The van der Waals surface area contributed by atoms with Crippen molar-refractivity contribution in [2.45, 2.75) is 19.3 Å². The SMILES string of the molecule is BCC(=O)N(CC(C)=O)C[C@H](COCCOCCO)NC. The van der Waals surface area contributed by atoms with E-state index in [9.17, 15) is 9.59 Å². The van der Waals surface area contributed by atoms with Crippen molar-refractivity contribution in [1.29, 1.82) is 0 Å². The van der Waals surface area contributed by atoms with Gasteiger partial charge in [0.2, 0.25) is 5.91 Å². The van der Waals surface area contributed by atoms with Crippen LogP contribution in [-0.4, -0.2) is 88.8 Å². The minimum atomic E-state index is -0.0447. The van der Waals surface area contributed by atoms with E-state index in [1.807, 2.05) is 0 Å². The molecule has 7 nitrogen and oxygen atoms in total. The summed E-state index contributed by atoms with van der Waals surface area (Å²) in [6, 6.07) is -0.0438. The first-order valence-electron chi connectivity index (χ1n) is 7.25. The third-order valence-corrected chi connectivity index (χ3v) is 2.84. The Balaban J connectivity index is 4.11. The van der Waals surface area contributed by atoms with E-state index < -0.39 is 0 Å². The van der Waals surface area contributed by atoms with Crippen molar-refractivity contribution >= 4 is 19.5 Å². The van der Waals surface area contributed by atoms with Crippen molar-refractivity contribution in [3.63, 3.8) is 0 Å². The number of amides is 1. The van der Waals surface area contributed by atoms with E-state index in [1.165, 1.54) is 6.92 Å². The summed E-state index contributed by atoms with van der Waals surface area (Å²) in [7, 11) is 3.57. The highest BCUT2D eigenvalue weighted by Gasteiger charge is 2.18. The van der Waals surface area contributed by atoms with Crippen LogP contribution < -0.4 is 5.32 Å². The Morgan fingerprint density at radius 3 is 2.48 bits per heavy atom. The van der Waals surface area contributed by atoms with Gasteiger partial charge >= 0.3 is 0 Å². The van der Waals surface area contributed by atoms with E-state index in [0.29, 0.717) is 39.3 Å². The van der Waals surface area contributed by atoms with Crippen molar-refractivity contribution in [2.75, 3.05) is 53.2 Å². The average Bonchev–Trinajstić information content (AvgIpc) is 2.47. The topological polar surface area (TPSA) is 88.1 Å². The zero-order valence-corrected chi connectivity index (χ0v) is 13.3. The number of carbonyl (C=O) groups excluding carboxylic acids is 2. The van der Waals surface area contributed by atoms with Gasteiger partial charge in [0.1, 0.15) is 13.6 Å². The second kappa shape index (κ2) is 12.8. The quantitative estimate of drug-likeness (QED) is 0.304. The fourth-order valence-electron chi connectivity index (χ4n) is 1.75. The van der Waals surface area contributed by atoms with Crippen LogP contribution in [0.2, 0.25) is 6.32 Å². The molecule has 0 spiro atoms. The lowest BCUT2D eigenvalue weighted by Gasteiger charge is -2.26. The van der Waals surface area contributed by atoms with Gasteiger partial charge in [-0.3, -0.25) is 9.59 Å². The summed E-state index contributed by atoms with van der Waals surface area (Å²) < 4.78 is 10.5. The zero-order chi connectivity index (χ0) is 16.1. The second-order valence-electron chi connectivity index (χ2n) is 4.73. The van der Waals surface area contributed by atoms with Crippen LogP contribution in [0.5, 0.6) is 0 Å². The van der Waals surface area contributed by atoms with Crippen LogP contribution in [0.25, 0.3) is 0 Å². The largest absolute Gasteiger partial charge is 0.394 e. The number of ketones is 1. The molecule has 21 heavy (non-hydrogen) atoms. The fraction of sp³-hybridized carbons (Fsp3) is 0.846. The Morgan fingerprint density at radius 1 is 1.29 bits per heavy atom. The second-order valence-corrected chi connectivity index (χ2v) is 4.73. The van der Waals surface area contributed by atoms with Gasteiger partial charge in [-0.2, -0.15) is 0 Å². The van der Waals surface area contributed by atoms with Gasteiger partial charge in [-0.1, -0.05) is 0 Å². The van der Waals surface area contributed by atoms with Gasteiger partial charge in [-0.25, -0.2) is 0 Å². The minimum Gasteiger partial charge on any atom is -0.394 e. The molecule has 1 atom stereocenters. The molecule has 2 N–H and O–H groups in total. The average molecular weight is 302 g/mol. The summed E-state index contributed by atoms with van der Waals surface area (Å²) in [6.45, 7) is 3.59. The van der Waals surface area contributed by atoms with E-state index in [0.717, 1.165) is 0 Å². The number of nitrogens with one attached hydrogen (secondary N) is 1. The lowest BCUT2D eigenvalue weighted by Crippen LogP contribution is -2.46. The smallest absolute Gasteiger partial charge is 0.215 e. The van der Waals surface area contributed by atoms with Gasteiger partial charge in [-0.15, -0.1) is 0 Å². The van der Waals surface area contributed by atoms with Crippen molar-refractivity contribution in [3.05, 3.63) is 0 Å². The van der Waals surface area contributed by atoms with Gasteiger partial charge < -0.3 is 24.8 Å². The van der Waals surface area contributed by atoms with E-state index in [-0.39, 0.29) is 30.9 Å². The van der Waals surface area contributed by atoms with Crippen molar-refractivity contribution in [3.8, 4) is 0 Å². The van der Waals surface area contributed by atoms with Crippen LogP contribution in [0.1, 0.15) is 6.92 Å². The molecular weight excluding hydrogens is 275 g/mol. The van der Waals surface area contributed by atoms with Gasteiger partial charge in [0.05, 0.1) is 39.6 Å². The number of nitrogens with zero attached hydrogens (tertiary/aromatic N) is 1. The number of aliphatic hydroxyl groups excluding tert-OH is 1. The summed E-state index contributed by atoms with van der Waals surface area (Å²) in [5.41, 5.74) is 0. The molecule has 0 fully saturated rings. The highest BCUT2D eigenvalue weighted by molar-refractivity contribution is 6.19. The van der Waals surface area contributed by atoms with Gasteiger partial charge in [0.15, 0.2) is 0 Å². The van der Waals surface area contributed by atoms with Gasteiger partial charge in [0.25, 0.3) is 0 Å². The first-order chi connectivity index (χ1) is 10.0. The molecule has 0 heterocycles. The number of Topliss-reactive ketones (excluding diaryl/α,β-unsaturated/α-hetero) is 1. The Kier molecular flexibility index (Phi) is 12.2. The molecule has 1 amide bonds. The monoisotopic (exact) mass is 302 g/mol. The first-order valence-corrected chi connectivity index (χ1v) is 7.25. The molecule has 122 valence electrons. The zero-order valence-electron chi connectivity index (χ0n) is 13.3. The van der Waals surface area contributed by atoms with Crippen LogP contribution in [-0.2, 0) is 19.1 Å². The molecule has 0 rings (SSSR count). The van der Waals surface area contributed by atoms with E-state index >= 15 is 0 Å². The number of rotatable bonds is 13. The summed E-state index contributed by atoms with van der Waals surface area (Å²) in [6.07, 6.45) is 0.375. The predicted octanol–water partition coefficient (Wildman–Crippen LogP) is -1.93. The Morgan fingerprint density at radius 2 is 1.95 bits per heavy atom. The van der Waals surface area contributed by atoms with Crippen molar-refractivity contribution in [2.24, 2.45) is 0 Å².